The molecule has 0 atom stereocenters. The van der Waals surface area contributed by atoms with Crippen LogP contribution in [0.15, 0.2) is 0 Å². The molecule has 11 heavy (non-hydrogen) atoms. The van der Waals surface area contributed by atoms with Crippen molar-refractivity contribution in [2.75, 3.05) is 5.75 Å². The van der Waals surface area contributed by atoms with Gasteiger partial charge >= 0.3 is 0 Å². The van der Waals surface area contributed by atoms with Gasteiger partial charge in [-0.1, -0.05) is 12.8 Å². The molecule has 0 aliphatic heterocycles. The first kappa shape index (κ1) is 11.2. The highest BCUT2D eigenvalue weighted by Gasteiger charge is 2.20. The van der Waals surface area contributed by atoms with Crippen LogP contribution in [0.3, 0.4) is 0 Å². The summed E-state index contributed by atoms with van der Waals surface area (Å²) in [5.74, 6) is 0.183. The molecule has 0 unspecified atom stereocenters. The zero-order valence-corrected chi connectivity index (χ0v) is 7.83. The lowest BCUT2D eigenvalue weighted by Gasteiger charge is -2.03. The summed E-state index contributed by atoms with van der Waals surface area (Å²) in [6.07, 6.45) is 4.14. The molecule has 3 nitrogen and oxygen atoms in total. The SMILES string of the molecule is Cl.O=S(=O)(O)CC1CCCC1. The molecule has 0 aromatic heterocycles. The van der Waals surface area contributed by atoms with E-state index < -0.39 is 10.1 Å². The van der Waals surface area contributed by atoms with E-state index in [9.17, 15) is 8.42 Å². The molecule has 1 aliphatic rings. The van der Waals surface area contributed by atoms with Crippen molar-refractivity contribution in [3.63, 3.8) is 0 Å². The molecule has 1 rings (SSSR count). The van der Waals surface area contributed by atoms with Gasteiger partial charge in [0.2, 0.25) is 0 Å². The van der Waals surface area contributed by atoms with Crippen molar-refractivity contribution in [3.8, 4) is 0 Å². The fourth-order valence-corrected chi connectivity index (χ4v) is 2.40. The van der Waals surface area contributed by atoms with E-state index >= 15 is 0 Å². The molecule has 1 aliphatic carbocycles. The highest BCUT2D eigenvalue weighted by Crippen LogP contribution is 2.25. The summed E-state index contributed by atoms with van der Waals surface area (Å²) in [7, 11) is -3.71. The maximum absolute atomic E-state index is 10.3. The summed E-state index contributed by atoms with van der Waals surface area (Å²) >= 11 is 0. The van der Waals surface area contributed by atoms with Crippen molar-refractivity contribution in [2.24, 2.45) is 5.92 Å². The summed E-state index contributed by atoms with van der Waals surface area (Å²) in [6, 6.07) is 0. The van der Waals surface area contributed by atoms with E-state index in [0.717, 1.165) is 25.7 Å². The van der Waals surface area contributed by atoms with Crippen LogP contribution < -0.4 is 0 Å². The fourth-order valence-electron chi connectivity index (χ4n) is 1.47. The maximum Gasteiger partial charge on any atom is 0.265 e. The second kappa shape index (κ2) is 4.28. The molecular formula is C6H13ClO3S. The van der Waals surface area contributed by atoms with Crippen molar-refractivity contribution in [2.45, 2.75) is 25.7 Å². The Bertz CT molecular complexity index is 194. The lowest BCUT2D eigenvalue weighted by atomic mass is 10.1. The lowest BCUT2D eigenvalue weighted by molar-refractivity contribution is 0.465. The van der Waals surface area contributed by atoms with Gasteiger partial charge in [0.25, 0.3) is 10.1 Å². The normalized spacial score (nSPS) is 19.7. The first-order valence-electron chi connectivity index (χ1n) is 3.53. The Morgan fingerprint density at radius 1 is 1.27 bits per heavy atom. The molecule has 0 bridgehead atoms. The molecule has 0 saturated heterocycles. The number of hydrogen-bond donors (Lipinski definition) is 1. The molecule has 1 saturated carbocycles. The van der Waals surface area contributed by atoms with Gasteiger partial charge in [-0.2, -0.15) is 8.42 Å². The van der Waals surface area contributed by atoms with E-state index in [0.29, 0.717) is 0 Å². The Hall–Kier alpha value is 0.200. The van der Waals surface area contributed by atoms with Gasteiger partial charge in [-0.25, -0.2) is 0 Å². The van der Waals surface area contributed by atoms with Crippen LogP contribution in [0, 0.1) is 5.92 Å². The van der Waals surface area contributed by atoms with Gasteiger partial charge in [-0.05, 0) is 18.8 Å². The van der Waals surface area contributed by atoms with Crippen LogP contribution in [0.5, 0.6) is 0 Å². The van der Waals surface area contributed by atoms with Gasteiger partial charge in [0.15, 0.2) is 0 Å². The summed E-state index contributed by atoms with van der Waals surface area (Å²) in [4.78, 5) is 0. The standard InChI is InChI=1S/C6H12O3S.ClH/c7-10(8,9)5-6-3-1-2-4-6;/h6H,1-5H2,(H,7,8,9);1H. The summed E-state index contributed by atoms with van der Waals surface area (Å²) in [6.45, 7) is 0. The molecule has 0 amide bonds. The zero-order valence-electron chi connectivity index (χ0n) is 6.19. The lowest BCUT2D eigenvalue weighted by Crippen LogP contribution is -2.11. The molecule has 0 aromatic rings. The van der Waals surface area contributed by atoms with Gasteiger partial charge in [0.05, 0.1) is 5.75 Å². The number of halogens is 1. The molecule has 0 heterocycles. The van der Waals surface area contributed by atoms with Gasteiger partial charge in [-0.15, -0.1) is 12.4 Å². The van der Waals surface area contributed by atoms with Gasteiger partial charge in [-0.3, -0.25) is 4.55 Å². The van der Waals surface area contributed by atoms with Crippen molar-refractivity contribution >= 4 is 22.5 Å². The molecule has 1 N–H and O–H groups in total. The molecule has 1 fully saturated rings. The van der Waals surface area contributed by atoms with E-state index in [-0.39, 0.29) is 24.1 Å². The predicted molar refractivity (Wildman–Crippen MR) is 45.6 cm³/mol. The first-order valence-corrected chi connectivity index (χ1v) is 5.14. The van der Waals surface area contributed by atoms with Crippen LogP contribution in [0.25, 0.3) is 0 Å². The molecule has 0 aromatic carbocycles. The number of rotatable bonds is 2. The van der Waals surface area contributed by atoms with Crippen LogP contribution in [0.1, 0.15) is 25.7 Å². The zero-order chi connectivity index (χ0) is 7.61. The predicted octanol–water partition coefficient (Wildman–Crippen LogP) is 1.49. The number of hydrogen-bond acceptors (Lipinski definition) is 2. The minimum atomic E-state index is -3.71. The minimum Gasteiger partial charge on any atom is -0.286 e. The third-order valence-electron chi connectivity index (χ3n) is 1.92. The Kier molecular flexibility index (Phi) is 4.36. The fraction of sp³-hybridized carbons (Fsp3) is 1.00. The van der Waals surface area contributed by atoms with Crippen molar-refractivity contribution in [3.05, 3.63) is 0 Å². The van der Waals surface area contributed by atoms with Crippen molar-refractivity contribution in [1.82, 2.24) is 0 Å². The quantitative estimate of drug-likeness (QED) is 0.688. The second-order valence-electron chi connectivity index (χ2n) is 2.90. The van der Waals surface area contributed by atoms with Crippen LogP contribution in [0.4, 0.5) is 0 Å². The first-order chi connectivity index (χ1) is 4.58. The summed E-state index contributed by atoms with van der Waals surface area (Å²) in [5, 5.41) is 0. The van der Waals surface area contributed by atoms with Crippen LogP contribution in [-0.2, 0) is 10.1 Å². The molecule has 68 valence electrons. The highest BCUT2D eigenvalue weighted by molar-refractivity contribution is 7.85. The average molecular weight is 201 g/mol. The van der Waals surface area contributed by atoms with E-state index in [4.69, 9.17) is 4.55 Å². The highest BCUT2D eigenvalue weighted by atomic mass is 35.5. The molecule has 0 spiro atoms. The van der Waals surface area contributed by atoms with E-state index in [1.165, 1.54) is 0 Å². The smallest absolute Gasteiger partial charge is 0.265 e. The molecule has 0 radical (unpaired) electrons. The molecular weight excluding hydrogens is 188 g/mol. The van der Waals surface area contributed by atoms with Gasteiger partial charge < -0.3 is 0 Å². The van der Waals surface area contributed by atoms with Crippen LogP contribution in [0.2, 0.25) is 0 Å². The van der Waals surface area contributed by atoms with E-state index in [1.807, 2.05) is 0 Å². The monoisotopic (exact) mass is 200 g/mol. The van der Waals surface area contributed by atoms with E-state index in [2.05, 4.69) is 0 Å². The second-order valence-corrected chi connectivity index (χ2v) is 4.40. The Balaban J connectivity index is 0.000001000. The average Bonchev–Trinajstić information content (AvgIpc) is 2.12. The van der Waals surface area contributed by atoms with E-state index in [1.54, 1.807) is 0 Å². The van der Waals surface area contributed by atoms with Gasteiger partial charge in [0, 0.05) is 0 Å². The minimum absolute atomic E-state index is 0. The van der Waals surface area contributed by atoms with Crippen LogP contribution >= 0.6 is 12.4 Å². The largest absolute Gasteiger partial charge is 0.286 e. The topological polar surface area (TPSA) is 54.4 Å². The van der Waals surface area contributed by atoms with Crippen LogP contribution in [-0.4, -0.2) is 18.7 Å². The van der Waals surface area contributed by atoms with Gasteiger partial charge in [0.1, 0.15) is 0 Å². The Morgan fingerprint density at radius 3 is 2.09 bits per heavy atom. The third kappa shape index (κ3) is 4.61. The Morgan fingerprint density at radius 2 is 1.73 bits per heavy atom. The summed E-state index contributed by atoms with van der Waals surface area (Å²) < 4.78 is 29.1. The Labute approximate surface area is 73.3 Å². The third-order valence-corrected chi connectivity index (χ3v) is 2.81. The maximum atomic E-state index is 10.3. The van der Waals surface area contributed by atoms with Crippen molar-refractivity contribution < 1.29 is 13.0 Å². The molecule has 5 heteroatoms. The summed E-state index contributed by atoms with van der Waals surface area (Å²) in [5.41, 5.74) is 0. The van der Waals surface area contributed by atoms with Crippen molar-refractivity contribution in [1.29, 1.82) is 0 Å².